The molecule has 0 amide bonds. The van der Waals surface area contributed by atoms with Crippen LogP contribution in [0.15, 0.2) is 29.3 Å². The molecule has 0 radical (unpaired) electrons. The molecule has 3 heteroatoms. The summed E-state index contributed by atoms with van der Waals surface area (Å²) in [6.45, 7) is 0. The highest BCUT2D eigenvalue weighted by Gasteiger charge is 2.11. The lowest BCUT2D eigenvalue weighted by Crippen LogP contribution is -1.84. The van der Waals surface area contributed by atoms with Crippen LogP contribution in [0.4, 0.5) is 0 Å². The van der Waals surface area contributed by atoms with Crippen LogP contribution in [-0.4, -0.2) is 16.4 Å². The highest BCUT2D eigenvalue weighted by Crippen LogP contribution is 2.34. The second-order valence-corrected chi connectivity index (χ2v) is 3.50. The molecule has 2 N–H and O–H groups in total. The van der Waals surface area contributed by atoms with E-state index in [-0.39, 0.29) is 11.5 Å². The van der Waals surface area contributed by atoms with E-state index in [9.17, 15) is 10.2 Å². The van der Waals surface area contributed by atoms with E-state index in [0.29, 0.717) is 11.3 Å². The summed E-state index contributed by atoms with van der Waals surface area (Å²) >= 11 is 0. The molecule has 0 fully saturated rings. The molecule has 15 heavy (non-hydrogen) atoms. The Morgan fingerprint density at radius 3 is 2.53 bits per heavy atom. The van der Waals surface area contributed by atoms with Crippen LogP contribution in [0.3, 0.4) is 0 Å². The minimum Gasteiger partial charge on any atom is -0.507 e. The van der Waals surface area contributed by atoms with Crippen molar-refractivity contribution in [3.63, 3.8) is 0 Å². The number of allylic oxidation sites excluding steroid dienone is 1. The molecule has 78 valence electrons. The maximum absolute atomic E-state index is 9.66. The Morgan fingerprint density at radius 1 is 1.07 bits per heavy atom. The molecular weight excluding hydrogens is 190 g/mol. The predicted molar refractivity (Wildman–Crippen MR) is 60.1 cm³/mol. The number of rotatable bonds is 1. The van der Waals surface area contributed by atoms with Crippen molar-refractivity contribution in [3.8, 4) is 11.5 Å². The Labute approximate surface area is 88.4 Å². The number of aliphatic imine (C=N–C) groups is 1. The van der Waals surface area contributed by atoms with E-state index in [1.165, 1.54) is 0 Å². The van der Waals surface area contributed by atoms with Crippen LogP contribution in [0.1, 0.15) is 24.8 Å². The summed E-state index contributed by atoms with van der Waals surface area (Å²) in [4.78, 5) is 4.23. The van der Waals surface area contributed by atoms with Gasteiger partial charge in [0.05, 0.1) is 11.3 Å². The van der Waals surface area contributed by atoms with Gasteiger partial charge in [0.15, 0.2) is 0 Å². The van der Waals surface area contributed by atoms with Crippen molar-refractivity contribution in [1.82, 2.24) is 0 Å². The quantitative estimate of drug-likeness (QED) is 0.737. The van der Waals surface area contributed by atoms with Crippen molar-refractivity contribution in [2.45, 2.75) is 19.3 Å². The number of benzene rings is 1. The zero-order valence-electron chi connectivity index (χ0n) is 8.35. The first-order valence-electron chi connectivity index (χ1n) is 5.03. The van der Waals surface area contributed by atoms with Gasteiger partial charge in [-0.15, -0.1) is 0 Å². The molecule has 0 atom stereocenters. The first kappa shape index (κ1) is 9.77. The summed E-state index contributed by atoms with van der Waals surface area (Å²) in [6.07, 6.45) is 6.68. The third-order valence-corrected chi connectivity index (χ3v) is 2.38. The minimum atomic E-state index is 0.0697. The largest absolute Gasteiger partial charge is 0.507 e. The Kier molecular flexibility index (Phi) is 2.72. The second-order valence-electron chi connectivity index (χ2n) is 3.50. The predicted octanol–water partition coefficient (Wildman–Crippen LogP) is 2.69. The van der Waals surface area contributed by atoms with Gasteiger partial charge in [0, 0.05) is 6.21 Å². The fourth-order valence-electron chi connectivity index (χ4n) is 1.62. The Morgan fingerprint density at radius 2 is 1.80 bits per heavy atom. The van der Waals surface area contributed by atoms with Crippen molar-refractivity contribution >= 4 is 11.9 Å². The highest BCUT2D eigenvalue weighted by molar-refractivity contribution is 5.80. The normalized spacial score (nSPS) is 15.9. The SMILES string of the molecule is Oc1cccc(O)c1C1=CCCCC=N1. The monoisotopic (exact) mass is 203 g/mol. The number of hydrogen-bond acceptors (Lipinski definition) is 3. The Hall–Kier alpha value is -1.77. The van der Waals surface area contributed by atoms with Gasteiger partial charge in [0.2, 0.25) is 0 Å². The molecule has 0 unspecified atom stereocenters. The third kappa shape index (κ3) is 2.01. The maximum Gasteiger partial charge on any atom is 0.128 e. The minimum absolute atomic E-state index is 0.0697. The van der Waals surface area contributed by atoms with Crippen LogP contribution in [0.25, 0.3) is 5.70 Å². The van der Waals surface area contributed by atoms with Crippen molar-refractivity contribution in [2.75, 3.05) is 0 Å². The molecule has 1 aromatic carbocycles. The Balaban J connectivity index is 2.48. The summed E-state index contributed by atoms with van der Waals surface area (Å²) in [5, 5.41) is 19.3. The van der Waals surface area contributed by atoms with E-state index in [2.05, 4.69) is 4.99 Å². The van der Waals surface area contributed by atoms with Gasteiger partial charge in [-0.25, -0.2) is 0 Å². The zero-order chi connectivity index (χ0) is 10.7. The van der Waals surface area contributed by atoms with Crippen LogP contribution in [-0.2, 0) is 0 Å². The van der Waals surface area contributed by atoms with Gasteiger partial charge < -0.3 is 10.2 Å². The fourth-order valence-corrected chi connectivity index (χ4v) is 1.62. The standard InChI is InChI=1S/C12H13NO2/c14-10-6-4-7-11(15)12(10)9-5-2-1-3-8-13-9/h4-8,14-15H,1-3H2. The van der Waals surface area contributed by atoms with Gasteiger partial charge in [-0.2, -0.15) is 0 Å². The lowest BCUT2D eigenvalue weighted by atomic mass is 10.1. The van der Waals surface area contributed by atoms with Gasteiger partial charge in [0.25, 0.3) is 0 Å². The lowest BCUT2D eigenvalue weighted by Gasteiger charge is -2.06. The Bertz CT molecular complexity index is 401. The van der Waals surface area contributed by atoms with Crippen LogP contribution in [0.5, 0.6) is 11.5 Å². The molecule has 1 heterocycles. The van der Waals surface area contributed by atoms with Crippen LogP contribution >= 0.6 is 0 Å². The molecule has 1 aliphatic heterocycles. The molecular formula is C12H13NO2. The van der Waals surface area contributed by atoms with Gasteiger partial charge in [-0.3, -0.25) is 4.99 Å². The average molecular weight is 203 g/mol. The summed E-state index contributed by atoms with van der Waals surface area (Å²) in [7, 11) is 0. The summed E-state index contributed by atoms with van der Waals surface area (Å²) in [6, 6.07) is 4.71. The number of phenolic OH excluding ortho intramolecular Hbond substituents is 2. The van der Waals surface area contributed by atoms with E-state index >= 15 is 0 Å². The van der Waals surface area contributed by atoms with E-state index in [1.807, 2.05) is 12.3 Å². The number of hydrogen-bond donors (Lipinski definition) is 2. The third-order valence-electron chi connectivity index (χ3n) is 2.38. The smallest absolute Gasteiger partial charge is 0.128 e. The highest BCUT2D eigenvalue weighted by atomic mass is 16.3. The topological polar surface area (TPSA) is 52.8 Å². The van der Waals surface area contributed by atoms with E-state index < -0.39 is 0 Å². The average Bonchev–Trinajstić information content (AvgIpc) is 2.46. The first-order chi connectivity index (χ1) is 7.29. The van der Waals surface area contributed by atoms with Crippen molar-refractivity contribution < 1.29 is 10.2 Å². The molecule has 0 saturated heterocycles. The molecule has 0 bridgehead atoms. The molecule has 0 aromatic heterocycles. The number of phenols is 2. The summed E-state index contributed by atoms with van der Waals surface area (Å²) < 4.78 is 0. The van der Waals surface area contributed by atoms with E-state index in [4.69, 9.17) is 0 Å². The van der Waals surface area contributed by atoms with E-state index in [0.717, 1.165) is 19.3 Å². The van der Waals surface area contributed by atoms with Crippen LogP contribution in [0.2, 0.25) is 0 Å². The lowest BCUT2D eigenvalue weighted by molar-refractivity contribution is 0.447. The van der Waals surface area contributed by atoms with Crippen molar-refractivity contribution in [1.29, 1.82) is 0 Å². The molecule has 3 nitrogen and oxygen atoms in total. The van der Waals surface area contributed by atoms with Gasteiger partial charge in [0.1, 0.15) is 11.5 Å². The summed E-state index contributed by atoms with van der Waals surface area (Å²) in [5.41, 5.74) is 1.08. The van der Waals surface area contributed by atoms with Crippen molar-refractivity contribution in [3.05, 3.63) is 29.8 Å². The first-order valence-corrected chi connectivity index (χ1v) is 5.03. The molecule has 0 aliphatic carbocycles. The van der Waals surface area contributed by atoms with Crippen LogP contribution in [0, 0.1) is 0 Å². The van der Waals surface area contributed by atoms with E-state index in [1.54, 1.807) is 18.2 Å². The van der Waals surface area contributed by atoms with Gasteiger partial charge >= 0.3 is 0 Å². The summed E-state index contributed by atoms with van der Waals surface area (Å²) in [5.74, 6) is 0.139. The number of aromatic hydroxyl groups is 2. The number of nitrogens with zero attached hydrogens (tertiary/aromatic N) is 1. The van der Waals surface area contributed by atoms with Crippen LogP contribution < -0.4 is 0 Å². The van der Waals surface area contributed by atoms with Crippen molar-refractivity contribution in [2.24, 2.45) is 4.99 Å². The molecule has 0 spiro atoms. The molecule has 1 aromatic rings. The molecule has 0 saturated carbocycles. The molecule has 1 aliphatic rings. The maximum atomic E-state index is 9.66. The van der Waals surface area contributed by atoms with Gasteiger partial charge in [-0.1, -0.05) is 12.1 Å². The van der Waals surface area contributed by atoms with Gasteiger partial charge in [-0.05, 0) is 31.4 Å². The zero-order valence-corrected chi connectivity index (χ0v) is 8.35. The fraction of sp³-hybridized carbons (Fsp3) is 0.250. The second kappa shape index (κ2) is 4.17. The molecule has 2 rings (SSSR count).